The van der Waals surface area contributed by atoms with Crippen molar-refractivity contribution in [3.8, 4) is 0 Å². The maximum Gasteiger partial charge on any atom is 0.142 e. The van der Waals surface area contributed by atoms with Crippen LogP contribution in [-0.4, -0.2) is 0 Å². The van der Waals surface area contributed by atoms with Gasteiger partial charge in [0.15, 0.2) is 0 Å². The third kappa shape index (κ3) is 13.0. The van der Waals surface area contributed by atoms with Crippen LogP contribution in [0.4, 0.5) is 0 Å². The van der Waals surface area contributed by atoms with Crippen LogP contribution >= 0.6 is 0 Å². The van der Waals surface area contributed by atoms with Crippen molar-refractivity contribution in [1.29, 1.82) is 0 Å². The van der Waals surface area contributed by atoms with Gasteiger partial charge in [-0.3, -0.25) is 5.11 Å². The van der Waals surface area contributed by atoms with E-state index in [4.69, 9.17) is 0 Å². The van der Waals surface area contributed by atoms with Crippen LogP contribution in [0.2, 0.25) is 0 Å². The summed E-state index contributed by atoms with van der Waals surface area (Å²) in [6, 6.07) is 0. The molecule has 1 heteroatoms. The van der Waals surface area contributed by atoms with E-state index in [1.165, 1.54) is 44.6 Å². The van der Waals surface area contributed by atoms with Gasteiger partial charge in [-0.05, 0) is 18.9 Å². The van der Waals surface area contributed by atoms with E-state index in [0.29, 0.717) is 0 Å². The number of unbranched alkanes of at least 4 members (excludes halogenated alkanes) is 6. The van der Waals surface area contributed by atoms with Crippen molar-refractivity contribution in [2.75, 3.05) is 0 Å². The average molecular weight is 207 g/mol. The largest absolute Gasteiger partial charge is 0.299 e. The van der Waals surface area contributed by atoms with Crippen molar-refractivity contribution in [3.05, 3.63) is 36.6 Å². The molecule has 0 aliphatic rings. The number of hydrogen-bond donors (Lipinski definition) is 0. The lowest BCUT2D eigenvalue weighted by molar-refractivity contribution is 0.352. The molecule has 0 bridgehead atoms. The molecule has 0 heterocycles. The molecule has 0 fully saturated rings. The minimum atomic E-state index is 0.790. The van der Waals surface area contributed by atoms with Crippen LogP contribution in [-0.2, 0) is 5.11 Å². The fraction of sp³-hybridized carbons (Fsp3) is 0.571. The lowest BCUT2D eigenvalue weighted by Crippen LogP contribution is -1.77. The maximum absolute atomic E-state index is 9.93. The van der Waals surface area contributed by atoms with Crippen molar-refractivity contribution in [3.63, 3.8) is 0 Å². The van der Waals surface area contributed by atoms with Crippen LogP contribution in [0.3, 0.4) is 0 Å². The SMILES string of the molecule is CCCCCCCCC=CC=CC=C[O]. The molecule has 0 aliphatic carbocycles. The Bertz CT molecular complexity index is 190. The summed E-state index contributed by atoms with van der Waals surface area (Å²) in [7, 11) is 0. The molecule has 1 radical (unpaired) electrons. The van der Waals surface area contributed by atoms with Crippen LogP contribution in [0, 0.1) is 0 Å². The highest BCUT2D eigenvalue weighted by atomic mass is 16.2. The first kappa shape index (κ1) is 14.0. The quantitative estimate of drug-likeness (QED) is 0.294. The predicted octanol–water partition coefficient (Wildman–Crippen LogP) is 4.79. The number of rotatable bonds is 9. The first-order valence-electron chi connectivity index (χ1n) is 6.02. The van der Waals surface area contributed by atoms with E-state index in [9.17, 15) is 5.11 Å². The molecular formula is C14H23O. The van der Waals surface area contributed by atoms with Crippen LogP contribution in [0.25, 0.3) is 0 Å². The molecular weight excluding hydrogens is 184 g/mol. The number of hydrogen-bond acceptors (Lipinski definition) is 0. The summed E-state index contributed by atoms with van der Waals surface area (Å²) in [5, 5.41) is 9.93. The van der Waals surface area contributed by atoms with Gasteiger partial charge in [0.05, 0.1) is 0 Å². The van der Waals surface area contributed by atoms with E-state index in [-0.39, 0.29) is 0 Å². The molecule has 0 saturated carbocycles. The van der Waals surface area contributed by atoms with Crippen LogP contribution in [0.5, 0.6) is 0 Å². The second kappa shape index (κ2) is 13.0. The van der Waals surface area contributed by atoms with Gasteiger partial charge in [-0.2, -0.15) is 0 Å². The van der Waals surface area contributed by atoms with Crippen LogP contribution in [0.15, 0.2) is 36.6 Å². The summed E-state index contributed by atoms with van der Waals surface area (Å²) in [5.41, 5.74) is 0. The van der Waals surface area contributed by atoms with Crippen LogP contribution < -0.4 is 0 Å². The van der Waals surface area contributed by atoms with Gasteiger partial charge in [-0.25, -0.2) is 0 Å². The lowest BCUT2D eigenvalue weighted by Gasteiger charge is -1.97. The monoisotopic (exact) mass is 207 g/mol. The maximum atomic E-state index is 9.93. The van der Waals surface area contributed by atoms with Gasteiger partial charge in [0.2, 0.25) is 0 Å². The van der Waals surface area contributed by atoms with Gasteiger partial charge in [0.1, 0.15) is 6.26 Å². The van der Waals surface area contributed by atoms with Crippen molar-refractivity contribution in [2.24, 2.45) is 0 Å². The summed E-state index contributed by atoms with van der Waals surface area (Å²) in [6.45, 7) is 2.24. The van der Waals surface area contributed by atoms with E-state index in [1.807, 2.05) is 12.2 Å². The summed E-state index contributed by atoms with van der Waals surface area (Å²) in [6.07, 6.45) is 19.3. The fourth-order valence-electron chi connectivity index (χ4n) is 1.39. The molecule has 0 aromatic rings. The van der Waals surface area contributed by atoms with Crippen molar-refractivity contribution < 1.29 is 5.11 Å². The van der Waals surface area contributed by atoms with E-state index < -0.39 is 0 Å². The standard InChI is InChI=1S/C14H23O/c1-2-3-4-5-6-7-8-9-10-11-12-13-14-15/h9-14H,2-8H2,1H3. The molecule has 85 valence electrons. The average Bonchev–Trinajstić information content (AvgIpc) is 2.26. The van der Waals surface area contributed by atoms with E-state index in [1.54, 1.807) is 6.08 Å². The Morgan fingerprint density at radius 1 is 0.800 bits per heavy atom. The summed E-state index contributed by atoms with van der Waals surface area (Å²) in [5.74, 6) is 0. The summed E-state index contributed by atoms with van der Waals surface area (Å²) < 4.78 is 0. The van der Waals surface area contributed by atoms with Gasteiger partial charge >= 0.3 is 0 Å². The van der Waals surface area contributed by atoms with Crippen LogP contribution in [0.1, 0.15) is 51.9 Å². The molecule has 0 aromatic heterocycles. The molecule has 0 unspecified atom stereocenters. The Hall–Kier alpha value is -0.980. The second-order valence-electron chi connectivity index (χ2n) is 3.70. The van der Waals surface area contributed by atoms with Gasteiger partial charge in [-0.15, -0.1) is 0 Å². The highest BCUT2D eigenvalue weighted by molar-refractivity contribution is 5.09. The molecule has 0 spiro atoms. The molecule has 0 aliphatic heterocycles. The van der Waals surface area contributed by atoms with Gasteiger partial charge in [-0.1, -0.05) is 63.3 Å². The molecule has 0 rings (SSSR count). The molecule has 0 amide bonds. The van der Waals surface area contributed by atoms with E-state index in [2.05, 4.69) is 13.0 Å². The smallest absolute Gasteiger partial charge is 0.142 e. The predicted molar refractivity (Wildman–Crippen MR) is 66.1 cm³/mol. The highest BCUT2D eigenvalue weighted by Crippen LogP contribution is 2.06. The topological polar surface area (TPSA) is 19.9 Å². The highest BCUT2D eigenvalue weighted by Gasteiger charge is 1.87. The Balaban J connectivity index is 3.16. The molecule has 15 heavy (non-hydrogen) atoms. The van der Waals surface area contributed by atoms with E-state index >= 15 is 0 Å². The van der Waals surface area contributed by atoms with E-state index in [0.717, 1.165) is 12.7 Å². The zero-order chi connectivity index (χ0) is 11.2. The minimum Gasteiger partial charge on any atom is -0.299 e. The van der Waals surface area contributed by atoms with Crippen molar-refractivity contribution in [2.45, 2.75) is 51.9 Å². The van der Waals surface area contributed by atoms with Gasteiger partial charge in [0.25, 0.3) is 0 Å². The normalized spacial score (nSPS) is 12.3. The second-order valence-corrected chi connectivity index (χ2v) is 3.70. The zero-order valence-electron chi connectivity index (χ0n) is 9.82. The summed E-state index contributed by atoms with van der Waals surface area (Å²) >= 11 is 0. The lowest BCUT2D eigenvalue weighted by atomic mass is 10.1. The Labute approximate surface area is 94.2 Å². The molecule has 0 saturated heterocycles. The first-order chi connectivity index (χ1) is 7.41. The third-order valence-corrected chi connectivity index (χ3v) is 2.27. The Morgan fingerprint density at radius 3 is 2.20 bits per heavy atom. The molecule has 0 atom stereocenters. The molecule has 0 N–H and O–H groups in total. The summed E-state index contributed by atoms with van der Waals surface area (Å²) in [4.78, 5) is 0. The third-order valence-electron chi connectivity index (χ3n) is 2.27. The Kier molecular flexibility index (Phi) is 12.2. The zero-order valence-corrected chi connectivity index (χ0v) is 9.82. The minimum absolute atomic E-state index is 0.790. The number of allylic oxidation sites excluding steroid dienone is 5. The van der Waals surface area contributed by atoms with Gasteiger partial charge < -0.3 is 0 Å². The molecule has 0 aromatic carbocycles. The molecule has 1 nitrogen and oxygen atoms in total. The Morgan fingerprint density at radius 2 is 1.47 bits per heavy atom. The van der Waals surface area contributed by atoms with Crippen molar-refractivity contribution in [1.82, 2.24) is 0 Å². The fourth-order valence-corrected chi connectivity index (χ4v) is 1.39. The van der Waals surface area contributed by atoms with Gasteiger partial charge in [0, 0.05) is 0 Å². The van der Waals surface area contributed by atoms with Crippen molar-refractivity contribution >= 4 is 0 Å². The first-order valence-corrected chi connectivity index (χ1v) is 6.02.